The summed E-state index contributed by atoms with van der Waals surface area (Å²) in [5.74, 6) is -0.602. The molecule has 4 nitrogen and oxygen atoms in total. The van der Waals surface area contributed by atoms with Gasteiger partial charge in [-0.15, -0.1) is 0 Å². The number of halogens is 2. The van der Waals surface area contributed by atoms with Crippen LogP contribution in [0.25, 0.3) is 0 Å². The van der Waals surface area contributed by atoms with Crippen molar-refractivity contribution in [2.45, 2.75) is 0 Å². The summed E-state index contributed by atoms with van der Waals surface area (Å²) < 4.78 is 4.53. The van der Waals surface area contributed by atoms with Gasteiger partial charge in [0.1, 0.15) is 0 Å². The normalized spacial score (nSPS) is 11.3. The van der Waals surface area contributed by atoms with Gasteiger partial charge >= 0.3 is 5.97 Å². The van der Waals surface area contributed by atoms with E-state index in [1.807, 2.05) is 0 Å². The number of carbonyl (C=O) groups is 1. The van der Waals surface area contributed by atoms with Crippen LogP contribution >= 0.6 is 23.2 Å². The van der Waals surface area contributed by atoms with Crippen LogP contribution in [0.3, 0.4) is 0 Å². The highest BCUT2D eigenvalue weighted by atomic mass is 35.5. The molecule has 0 aromatic heterocycles. The van der Waals surface area contributed by atoms with Crippen molar-refractivity contribution in [1.29, 1.82) is 0 Å². The number of esters is 1. The number of nitrogens with zero attached hydrogens (tertiary/aromatic N) is 1. The van der Waals surface area contributed by atoms with Crippen molar-refractivity contribution in [1.82, 2.24) is 0 Å². The fraction of sp³-hybridized carbons (Fsp3) is 0.111. The second-order valence-electron chi connectivity index (χ2n) is 2.57. The summed E-state index contributed by atoms with van der Waals surface area (Å²) in [4.78, 5) is 11.3. The molecule has 0 radical (unpaired) electrons. The van der Waals surface area contributed by atoms with Crippen molar-refractivity contribution < 1.29 is 14.7 Å². The van der Waals surface area contributed by atoms with E-state index in [4.69, 9.17) is 28.4 Å². The maximum atomic E-state index is 11.3. The molecular weight excluding hydrogens is 241 g/mol. The molecule has 0 unspecified atom stereocenters. The van der Waals surface area contributed by atoms with Gasteiger partial charge in [0.25, 0.3) is 0 Å². The Morgan fingerprint density at radius 3 is 2.67 bits per heavy atom. The van der Waals surface area contributed by atoms with Crippen LogP contribution in [-0.4, -0.2) is 23.5 Å². The quantitative estimate of drug-likeness (QED) is 0.378. The molecule has 1 rings (SSSR count). The van der Waals surface area contributed by atoms with Crippen LogP contribution in [0.15, 0.2) is 23.4 Å². The maximum Gasteiger partial charge on any atom is 0.338 e. The zero-order chi connectivity index (χ0) is 11.4. The average Bonchev–Trinajstić information content (AvgIpc) is 2.26. The van der Waals surface area contributed by atoms with Gasteiger partial charge in [-0.1, -0.05) is 28.4 Å². The third-order valence-corrected chi connectivity index (χ3v) is 2.21. The molecule has 0 fully saturated rings. The summed E-state index contributed by atoms with van der Waals surface area (Å²) >= 11 is 11.3. The lowest BCUT2D eigenvalue weighted by Gasteiger charge is -2.05. The highest BCUT2D eigenvalue weighted by molar-refractivity contribution is 6.70. The maximum absolute atomic E-state index is 11.3. The summed E-state index contributed by atoms with van der Waals surface area (Å²) in [7, 11) is 1.23. The topological polar surface area (TPSA) is 58.9 Å². The first kappa shape index (κ1) is 11.8. The Kier molecular flexibility index (Phi) is 3.94. The van der Waals surface area contributed by atoms with E-state index >= 15 is 0 Å². The van der Waals surface area contributed by atoms with Crippen LogP contribution in [0.1, 0.15) is 15.9 Å². The van der Waals surface area contributed by atoms with Crippen molar-refractivity contribution in [2.24, 2.45) is 5.16 Å². The number of rotatable bonds is 2. The number of oxime groups is 1. The minimum atomic E-state index is -0.602. The predicted molar refractivity (Wildman–Crippen MR) is 57.0 cm³/mol. The highest BCUT2D eigenvalue weighted by Crippen LogP contribution is 2.19. The first-order valence-corrected chi connectivity index (χ1v) is 4.61. The molecule has 0 atom stereocenters. The lowest BCUT2D eigenvalue weighted by atomic mass is 10.1. The standard InChI is InChI=1S/C9H7Cl2NO3/c1-15-9(13)7-4-5(10)2-3-6(7)8(11)12-14/h2-4,14H,1H3. The Hall–Kier alpha value is -1.26. The number of methoxy groups -OCH3 is 1. The van der Waals surface area contributed by atoms with Crippen LogP contribution in [0.4, 0.5) is 0 Å². The molecule has 0 spiro atoms. The van der Waals surface area contributed by atoms with E-state index in [0.29, 0.717) is 5.02 Å². The molecule has 0 amide bonds. The number of hydrogen-bond donors (Lipinski definition) is 1. The molecule has 0 aliphatic rings. The third-order valence-electron chi connectivity index (χ3n) is 1.70. The van der Waals surface area contributed by atoms with Gasteiger partial charge in [0.2, 0.25) is 0 Å². The smallest absolute Gasteiger partial charge is 0.338 e. The first-order valence-electron chi connectivity index (χ1n) is 3.86. The number of hydrogen-bond acceptors (Lipinski definition) is 4. The van der Waals surface area contributed by atoms with Gasteiger partial charge in [0, 0.05) is 10.6 Å². The Bertz CT molecular complexity index is 418. The van der Waals surface area contributed by atoms with Gasteiger partial charge in [0.15, 0.2) is 5.17 Å². The fourth-order valence-corrected chi connectivity index (χ4v) is 1.37. The molecule has 1 N–H and O–H groups in total. The van der Waals surface area contributed by atoms with E-state index in [-0.39, 0.29) is 16.3 Å². The SMILES string of the molecule is COC(=O)c1cc(Cl)ccc1C(Cl)=NO. The van der Waals surface area contributed by atoms with E-state index in [1.54, 1.807) is 0 Å². The molecule has 0 saturated carbocycles. The molecule has 0 bridgehead atoms. The molecular formula is C9H7Cl2NO3. The number of benzene rings is 1. The summed E-state index contributed by atoms with van der Waals surface area (Å²) in [5, 5.41) is 11.5. The molecule has 1 aromatic rings. The van der Waals surface area contributed by atoms with Gasteiger partial charge in [-0.3, -0.25) is 0 Å². The van der Waals surface area contributed by atoms with Crippen molar-refractivity contribution in [3.05, 3.63) is 34.3 Å². The lowest BCUT2D eigenvalue weighted by molar-refractivity contribution is 0.0600. The van der Waals surface area contributed by atoms with Gasteiger partial charge in [-0.05, 0) is 18.2 Å². The van der Waals surface area contributed by atoms with E-state index in [9.17, 15) is 4.79 Å². The summed E-state index contributed by atoms with van der Waals surface area (Å²) in [6, 6.07) is 4.38. The number of carbonyl (C=O) groups excluding carboxylic acids is 1. The average molecular weight is 248 g/mol. The second-order valence-corrected chi connectivity index (χ2v) is 3.37. The van der Waals surface area contributed by atoms with Crippen molar-refractivity contribution in [3.8, 4) is 0 Å². The zero-order valence-electron chi connectivity index (χ0n) is 7.70. The Morgan fingerprint density at radius 2 is 2.13 bits per heavy atom. The minimum absolute atomic E-state index is 0.146. The van der Waals surface area contributed by atoms with E-state index in [0.717, 1.165) is 0 Å². The highest BCUT2D eigenvalue weighted by Gasteiger charge is 2.15. The van der Waals surface area contributed by atoms with Crippen molar-refractivity contribution in [2.75, 3.05) is 7.11 Å². The molecule has 0 saturated heterocycles. The molecule has 80 valence electrons. The molecule has 0 heterocycles. The van der Waals surface area contributed by atoms with Gasteiger partial charge in [0.05, 0.1) is 12.7 Å². The third kappa shape index (κ3) is 2.61. The van der Waals surface area contributed by atoms with Crippen LogP contribution in [-0.2, 0) is 4.74 Å². The number of ether oxygens (including phenoxy) is 1. The van der Waals surface area contributed by atoms with Crippen LogP contribution < -0.4 is 0 Å². The Labute approximate surface area is 96.1 Å². The summed E-state index contributed by atoms with van der Waals surface area (Å²) in [5.41, 5.74) is 0.406. The predicted octanol–water partition coefficient (Wildman–Crippen LogP) is 2.50. The molecule has 6 heteroatoms. The van der Waals surface area contributed by atoms with Crippen LogP contribution in [0.2, 0.25) is 5.02 Å². The second kappa shape index (κ2) is 5.00. The van der Waals surface area contributed by atoms with Gasteiger partial charge in [-0.2, -0.15) is 0 Å². The van der Waals surface area contributed by atoms with Crippen molar-refractivity contribution >= 4 is 34.3 Å². The molecule has 15 heavy (non-hydrogen) atoms. The molecule has 1 aromatic carbocycles. The Morgan fingerprint density at radius 1 is 1.47 bits per heavy atom. The monoisotopic (exact) mass is 247 g/mol. The van der Waals surface area contributed by atoms with Gasteiger partial charge < -0.3 is 9.94 Å². The zero-order valence-corrected chi connectivity index (χ0v) is 9.21. The summed E-state index contributed by atoms with van der Waals surface area (Å²) in [6.07, 6.45) is 0. The molecule has 0 aliphatic heterocycles. The largest absolute Gasteiger partial charge is 0.465 e. The fourth-order valence-electron chi connectivity index (χ4n) is 1.03. The summed E-state index contributed by atoms with van der Waals surface area (Å²) in [6.45, 7) is 0. The van der Waals surface area contributed by atoms with Crippen LogP contribution in [0, 0.1) is 0 Å². The Balaban J connectivity index is 3.33. The minimum Gasteiger partial charge on any atom is -0.465 e. The van der Waals surface area contributed by atoms with Crippen molar-refractivity contribution in [3.63, 3.8) is 0 Å². The van der Waals surface area contributed by atoms with E-state index in [1.165, 1.54) is 25.3 Å². The lowest BCUT2D eigenvalue weighted by Crippen LogP contribution is -2.08. The first-order chi connectivity index (χ1) is 7.10. The van der Waals surface area contributed by atoms with E-state index < -0.39 is 5.97 Å². The van der Waals surface area contributed by atoms with Gasteiger partial charge in [-0.25, -0.2) is 4.79 Å². The van der Waals surface area contributed by atoms with Crippen LogP contribution in [0.5, 0.6) is 0 Å². The van der Waals surface area contributed by atoms with E-state index in [2.05, 4.69) is 9.89 Å². The molecule has 0 aliphatic carbocycles.